The van der Waals surface area contributed by atoms with Crippen LogP contribution in [0.2, 0.25) is 0 Å². The summed E-state index contributed by atoms with van der Waals surface area (Å²) in [5.74, 6) is -0.733. The Kier molecular flexibility index (Phi) is 5.29. The molecule has 2 aromatic heterocycles. The van der Waals surface area contributed by atoms with E-state index in [1.165, 1.54) is 42.1 Å². The van der Waals surface area contributed by atoms with Crippen molar-refractivity contribution in [1.29, 1.82) is 0 Å². The fourth-order valence-electron chi connectivity index (χ4n) is 3.53. The topological polar surface area (TPSA) is 43.1 Å². The van der Waals surface area contributed by atoms with Gasteiger partial charge in [-0.05, 0) is 65.7 Å². The Bertz CT molecular complexity index is 1480. The number of halogens is 2. The molecule has 3 aromatic carbocycles. The van der Waals surface area contributed by atoms with Gasteiger partial charge in [0.05, 0.1) is 0 Å². The Morgan fingerprint density at radius 1 is 0.750 bits per heavy atom. The van der Waals surface area contributed by atoms with Gasteiger partial charge in [-0.1, -0.05) is 30.0 Å². The molecule has 0 aliphatic carbocycles. The molecule has 0 amide bonds. The predicted molar refractivity (Wildman–Crippen MR) is 122 cm³/mol. The lowest BCUT2D eigenvalue weighted by molar-refractivity contribution is 0.561. The predicted octanol–water partition coefficient (Wildman–Crippen LogP) is 6.95. The van der Waals surface area contributed by atoms with Crippen molar-refractivity contribution in [3.05, 3.63) is 113 Å². The Hall–Kier alpha value is -3.77. The van der Waals surface area contributed by atoms with Gasteiger partial charge in [-0.15, -0.1) is 0 Å². The molecular weight excluding hydrogens is 428 g/mol. The summed E-state index contributed by atoms with van der Waals surface area (Å²) >= 11 is 1.35. The van der Waals surface area contributed by atoms with Crippen LogP contribution in [0, 0.1) is 11.6 Å². The maximum atomic E-state index is 14.3. The lowest BCUT2D eigenvalue weighted by Gasteiger charge is -2.09. The standard InChI is InChI=1S/C26H15F2NO2S/c27-19-5-3-16(4-6-19)18-10-20(28)12-22(11-18)32-21-7-8-23-24(17-2-1-9-29-15-17)14-26(30)31-25(23)13-21/h1-15H. The average Bonchev–Trinajstić information content (AvgIpc) is 2.79. The van der Waals surface area contributed by atoms with Crippen LogP contribution in [0.25, 0.3) is 33.2 Å². The molecule has 5 rings (SSSR count). The number of pyridine rings is 1. The Labute approximate surface area is 186 Å². The molecule has 0 spiro atoms. The highest BCUT2D eigenvalue weighted by molar-refractivity contribution is 7.99. The summed E-state index contributed by atoms with van der Waals surface area (Å²) in [5.41, 5.74) is 2.92. The summed E-state index contributed by atoms with van der Waals surface area (Å²) in [6.07, 6.45) is 3.37. The molecule has 0 saturated heterocycles. The van der Waals surface area contributed by atoms with Crippen LogP contribution in [-0.2, 0) is 0 Å². The van der Waals surface area contributed by atoms with Gasteiger partial charge in [0.15, 0.2) is 0 Å². The highest BCUT2D eigenvalue weighted by Gasteiger charge is 2.11. The van der Waals surface area contributed by atoms with E-state index in [0.717, 1.165) is 27.0 Å². The lowest BCUT2D eigenvalue weighted by atomic mass is 10.0. The third kappa shape index (κ3) is 4.18. The van der Waals surface area contributed by atoms with Crippen molar-refractivity contribution < 1.29 is 13.2 Å². The van der Waals surface area contributed by atoms with Gasteiger partial charge in [0.25, 0.3) is 0 Å². The molecule has 3 nitrogen and oxygen atoms in total. The first-order valence-electron chi connectivity index (χ1n) is 9.78. The van der Waals surface area contributed by atoms with Crippen molar-refractivity contribution in [3.63, 3.8) is 0 Å². The minimum atomic E-state index is -0.456. The quantitative estimate of drug-likeness (QED) is 0.282. The SMILES string of the molecule is O=c1cc(-c2cccnc2)c2ccc(Sc3cc(F)cc(-c4ccc(F)cc4)c3)cc2o1. The van der Waals surface area contributed by atoms with Crippen molar-refractivity contribution >= 4 is 22.7 Å². The molecule has 156 valence electrons. The molecular formula is C26H15F2NO2S. The van der Waals surface area contributed by atoms with Gasteiger partial charge in [-0.25, -0.2) is 13.6 Å². The van der Waals surface area contributed by atoms with E-state index in [-0.39, 0.29) is 11.6 Å². The van der Waals surface area contributed by atoms with Gasteiger partial charge in [0.2, 0.25) is 0 Å². The minimum absolute atomic E-state index is 0.344. The molecule has 2 heterocycles. The monoisotopic (exact) mass is 443 g/mol. The van der Waals surface area contributed by atoms with Gasteiger partial charge < -0.3 is 4.42 Å². The van der Waals surface area contributed by atoms with Crippen LogP contribution in [0.5, 0.6) is 0 Å². The third-order valence-corrected chi connectivity index (χ3v) is 5.93. The number of hydrogen-bond acceptors (Lipinski definition) is 4. The maximum absolute atomic E-state index is 14.3. The summed E-state index contributed by atoms with van der Waals surface area (Å²) in [6.45, 7) is 0. The van der Waals surface area contributed by atoms with Crippen molar-refractivity contribution in [1.82, 2.24) is 4.98 Å². The highest BCUT2D eigenvalue weighted by atomic mass is 32.2. The molecule has 0 atom stereocenters. The van der Waals surface area contributed by atoms with E-state index in [1.807, 2.05) is 30.3 Å². The summed E-state index contributed by atoms with van der Waals surface area (Å²) in [7, 11) is 0. The number of nitrogens with zero attached hydrogens (tertiary/aromatic N) is 1. The van der Waals surface area contributed by atoms with E-state index in [0.29, 0.717) is 16.0 Å². The van der Waals surface area contributed by atoms with Gasteiger partial charge in [0, 0.05) is 44.8 Å². The zero-order valence-electron chi connectivity index (χ0n) is 16.6. The molecule has 0 unspecified atom stereocenters. The van der Waals surface area contributed by atoms with E-state index in [2.05, 4.69) is 4.98 Å². The van der Waals surface area contributed by atoms with E-state index in [4.69, 9.17) is 4.42 Å². The van der Waals surface area contributed by atoms with Gasteiger partial charge in [-0.3, -0.25) is 4.98 Å². The molecule has 0 radical (unpaired) electrons. The van der Waals surface area contributed by atoms with Gasteiger partial charge >= 0.3 is 5.63 Å². The largest absolute Gasteiger partial charge is 0.423 e. The Morgan fingerprint density at radius 3 is 2.38 bits per heavy atom. The van der Waals surface area contributed by atoms with E-state index >= 15 is 0 Å². The summed E-state index contributed by atoms with van der Waals surface area (Å²) < 4.78 is 32.9. The van der Waals surface area contributed by atoms with Crippen LogP contribution in [0.15, 0.2) is 110 Å². The highest BCUT2D eigenvalue weighted by Crippen LogP contribution is 2.35. The smallest absolute Gasteiger partial charge is 0.336 e. The van der Waals surface area contributed by atoms with E-state index in [9.17, 15) is 13.6 Å². The minimum Gasteiger partial charge on any atom is -0.423 e. The van der Waals surface area contributed by atoms with Gasteiger partial charge in [0.1, 0.15) is 17.2 Å². The summed E-state index contributed by atoms with van der Waals surface area (Å²) in [5, 5.41) is 0.785. The molecule has 0 aliphatic heterocycles. The zero-order valence-corrected chi connectivity index (χ0v) is 17.4. The summed E-state index contributed by atoms with van der Waals surface area (Å²) in [4.78, 5) is 17.7. The fraction of sp³-hybridized carbons (Fsp3) is 0. The third-order valence-electron chi connectivity index (χ3n) is 4.97. The van der Waals surface area contributed by atoms with Crippen LogP contribution >= 0.6 is 11.8 Å². The van der Waals surface area contributed by atoms with Crippen molar-refractivity contribution in [3.8, 4) is 22.3 Å². The van der Waals surface area contributed by atoms with Crippen molar-refractivity contribution in [2.75, 3.05) is 0 Å². The second-order valence-electron chi connectivity index (χ2n) is 7.16. The normalized spacial score (nSPS) is 11.1. The molecule has 0 aliphatic rings. The van der Waals surface area contributed by atoms with E-state index in [1.54, 1.807) is 30.6 Å². The Morgan fingerprint density at radius 2 is 1.59 bits per heavy atom. The number of rotatable bonds is 4. The molecule has 6 heteroatoms. The first-order valence-corrected chi connectivity index (χ1v) is 10.6. The number of fused-ring (bicyclic) bond motifs is 1. The van der Waals surface area contributed by atoms with Crippen LogP contribution in [-0.4, -0.2) is 4.98 Å². The van der Waals surface area contributed by atoms with Crippen LogP contribution in [0.3, 0.4) is 0 Å². The summed E-state index contributed by atoms with van der Waals surface area (Å²) in [6, 6.07) is 21.3. The first-order chi connectivity index (χ1) is 15.5. The molecule has 0 bridgehead atoms. The molecule has 0 N–H and O–H groups in total. The molecule has 32 heavy (non-hydrogen) atoms. The second kappa shape index (κ2) is 8.40. The van der Waals surface area contributed by atoms with E-state index < -0.39 is 5.63 Å². The van der Waals surface area contributed by atoms with Crippen LogP contribution in [0.1, 0.15) is 0 Å². The molecule has 0 fully saturated rings. The van der Waals surface area contributed by atoms with Crippen LogP contribution in [0.4, 0.5) is 8.78 Å². The second-order valence-corrected chi connectivity index (χ2v) is 8.31. The average molecular weight is 443 g/mol. The van der Waals surface area contributed by atoms with Gasteiger partial charge in [-0.2, -0.15) is 0 Å². The number of benzene rings is 3. The fourth-order valence-corrected chi connectivity index (χ4v) is 4.47. The number of hydrogen-bond donors (Lipinski definition) is 0. The number of aromatic nitrogens is 1. The first kappa shape index (κ1) is 20.2. The van der Waals surface area contributed by atoms with Crippen LogP contribution < -0.4 is 5.63 Å². The lowest BCUT2D eigenvalue weighted by Crippen LogP contribution is -1.98. The van der Waals surface area contributed by atoms with Crippen molar-refractivity contribution in [2.45, 2.75) is 9.79 Å². The molecule has 0 saturated carbocycles. The Balaban J connectivity index is 1.52. The maximum Gasteiger partial charge on any atom is 0.336 e. The molecule has 5 aromatic rings. The zero-order chi connectivity index (χ0) is 22.1. The van der Waals surface area contributed by atoms with Crippen molar-refractivity contribution in [2.24, 2.45) is 0 Å².